The summed E-state index contributed by atoms with van der Waals surface area (Å²) in [6, 6.07) is 1.97. The van der Waals surface area contributed by atoms with Gasteiger partial charge in [0, 0.05) is 23.5 Å². The molecule has 0 atom stereocenters. The van der Waals surface area contributed by atoms with E-state index in [0.29, 0.717) is 5.82 Å². The number of rotatable bonds is 1. The maximum Gasteiger partial charge on any atom is 0.148 e. The molecule has 2 rings (SSSR count). The maximum atomic E-state index is 5.59. The molecule has 4 N–H and O–H groups in total. The normalized spacial score (nSPS) is 10.4. The van der Waals surface area contributed by atoms with Crippen molar-refractivity contribution in [2.24, 2.45) is 0 Å². The van der Waals surface area contributed by atoms with Crippen molar-refractivity contribution >= 4 is 5.82 Å². The Morgan fingerprint density at radius 3 is 2.83 bits per heavy atom. The average molecular weight is 162 g/mol. The molecule has 2 heterocycles. The first-order chi connectivity index (χ1) is 5.79. The summed E-state index contributed by atoms with van der Waals surface area (Å²) in [5, 5.41) is 6.79. The third kappa shape index (κ3) is 0.887. The molecule has 62 valence electrons. The zero-order valence-corrected chi connectivity index (χ0v) is 6.76. The third-order valence-electron chi connectivity index (χ3n) is 1.93. The monoisotopic (exact) mass is 162 g/mol. The first kappa shape index (κ1) is 6.97. The summed E-state index contributed by atoms with van der Waals surface area (Å²) in [6.07, 6.45) is 3.77. The Balaban J connectivity index is 2.55. The largest absolute Gasteiger partial charge is 0.382 e. The standard InChI is InChI=1S/C8H10N4/c1-5-7(11-12-8(5)9)6-2-3-10-4-6/h2-4,10H,1H3,(H3,9,11,12). The third-order valence-corrected chi connectivity index (χ3v) is 1.93. The SMILES string of the molecule is Cc1c(N)n[nH]c1-c1cc[nH]c1. The summed E-state index contributed by atoms with van der Waals surface area (Å²) in [4.78, 5) is 2.98. The molecule has 0 aliphatic carbocycles. The summed E-state index contributed by atoms with van der Waals surface area (Å²) < 4.78 is 0. The van der Waals surface area contributed by atoms with Crippen molar-refractivity contribution in [3.05, 3.63) is 24.0 Å². The van der Waals surface area contributed by atoms with Crippen molar-refractivity contribution in [3.8, 4) is 11.3 Å². The van der Waals surface area contributed by atoms with Crippen molar-refractivity contribution < 1.29 is 0 Å². The molecule has 0 amide bonds. The number of H-pyrrole nitrogens is 2. The Morgan fingerprint density at radius 1 is 1.50 bits per heavy atom. The zero-order chi connectivity index (χ0) is 8.55. The Hall–Kier alpha value is -1.71. The molecule has 4 heteroatoms. The molecule has 0 aromatic carbocycles. The Kier molecular flexibility index (Phi) is 1.40. The molecule has 2 aromatic rings. The van der Waals surface area contributed by atoms with E-state index >= 15 is 0 Å². The molecule has 0 spiro atoms. The predicted molar refractivity (Wildman–Crippen MR) is 47.5 cm³/mol. The zero-order valence-electron chi connectivity index (χ0n) is 6.76. The van der Waals surface area contributed by atoms with Gasteiger partial charge in [-0.15, -0.1) is 0 Å². The number of hydrogen-bond donors (Lipinski definition) is 3. The lowest BCUT2D eigenvalue weighted by Gasteiger charge is -1.92. The molecule has 0 saturated carbocycles. The van der Waals surface area contributed by atoms with Crippen LogP contribution in [0.25, 0.3) is 11.3 Å². The molecule has 2 aromatic heterocycles. The van der Waals surface area contributed by atoms with E-state index in [-0.39, 0.29) is 0 Å². The molecule has 4 nitrogen and oxygen atoms in total. The first-order valence-electron chi connectivity index (χ1n) is 3.72. The number of hydrogen-bond acceptors (Lipinski definition) is 2. The number of anilines is 1. The minimum Gasteiger partial charge on any atom is -0.382 e. The van der Waals surface area contributed by atoms with Crippen molar-refractivity contribution in [2.45, 2.75) is 6.92 Å². The van der Waals surface area contributed by atoms with Crippen LogP contribution in [0, 0.1) is 6.92 Å². The van der Waals surface area contributed by atoms with Crippen molar-refractivity contribution in [3.63, 3.8) is 0 Å². The van der Waals surface area contributed by atoms with Crippen LogP contribution in [-0.2, 0) is 0 Å². The molecule has 0 fully saturated rings. The van der Waals surface area contributed by atoms with Crippen molar-refractivity contribution in [1.82, 2.24) is 15.2 Å². The highest BCUT2D eigenvalue weighted by Crippen LogP contribution is 2.22. The van der Waals surface area contributed by atoms with E-state index in [4.69, 9.17) is 5.73 Å². The van der Waals surface area contributed by atoms with Crippen LogP contribution >= 0.6 is 0 Å². The minimum absolute atomic E-state index is 0.561. The van der Waals surface area contributed by atoms with Gasteiger partial charge in [-0.25, -0.2) is 0 Å². The van der Waals surface area contributed by atoms with Gasteiger partial charge in [0.2, 0.25) is 0 Å². The van der Waals surface area contributed by atoms with Gasteiger partial charge in [0.1, 0.15) is 5.82 Å². The fourth-order valence-corrected chi connectivity index (χ4v) is 1.17. The summed E-state index contributed by atoms with van der Waals surface area (Å²) >= 11 is 0. The quantitative estimate of drug-likeness (QED) is 0.591. The van der Waals surface area contributed by atoms with Crippen LogP contribution in [0.1, 0.15) is 5.56 Å². The highest BCUT2D eigenvalue weighted by molar-refractivity contribution is 5.66. The number of aromatic amines is 2. The summed E-state index contributed by atoms with van der Waals surface area (Å²) in [5.41, 5.74) is 8.65. The van der Waals surface area contributed by atoms with Crippen LogP contribution in [0.5, 0.6) is 0 Å². The number of nitrogens with two attached hydrogens (primary N) is 1. The number of aromatic nitrogens is 3. The fourth-order valence-electron chi connectivity index (χ4n) is 1.17. The topological polar surface area (TPSA) is 70.5 Å². The predicted octanol–water partition coefficient (Wildman–Crippen LogP) is 1.30. The smallest absolute Gasteiger partial charge is 0.148 e. The molecular formula is C8H10N4. The molecule has 0 aliphatic rings. The molecule has 12 heavy (non-hydrogen) atoms. The van der Waals surface area contributed by atoms with Crippen molar-refractivity contribution in [1.29, 1.82) is 0 Å². The Labute approximate surface area is 69.8 Å². The highest BCUT2D eigenvalue weighted by atomic mass is 15.2. The molecule has 0 unspecified atom stereocenters. The molecule has 0 saturated heterocycles. The van der Waals surface area contributed by atoms with Crippen molar-refractivity contribution in [2.75, 3.05) is 5.73 Å². The molecular weight excluding hydrogens is 152 g/mol. The van der Waals surface area contributed by atoms with Crippen LogP contribution in [-0.4, -0.2) is 15.2 Å². The van der Waals surface area contributed by atoms with Gasteiger partial charge in [-0.3, -0.25) is 5.10 Å². The van der Waals surface area contributed by atoms with E-state index in [9.17, 15) is 0 Å². The van der Waals surface area contributed by atoms with Crippen LogP contribution < -0.4 is 5.73 Å². The number of nitrogens with zero attached hydrogens (tertiary/aromatic N) is 1. The molecule has 0 aliphatic heterocycles. The van der Waals surface area contributed by atoms with E-state index in [0.717, 1.165) is 16.8 Å². The summed E-state index contributed by atoms with van der Waals surface area (Å²) in [5.74, 6) is 0.561. The van der Waals surface area contributed by atoms with E-state index in [1.165, 1.54) is 0 Å². The first-order valence-corrected chi connectivity index (χ1v) is 3.72. The van der Waals surface area contributed by atoms with Gasteiger partial charge < -0.3 is 10.7 Å². The van der Waals surface area contributed by atoms with Gasteiger partial charge in [0.15, 0.2) is 0 Å². The van der Waals surface area contributed by atoms with E-state index in [1.54, 1.807) is 0 Å². The van der Waals surface area contributed by atoms with Crippen LogP contribution in [0.3, 0.4) is 0 Å². The van der Waals surface area contributed by atoms with Crippen LogP contribution in [0.4, 0.5) is 5.82 Å². The van der Waals surface area contributed by atoms with E-state index < -0.39 is 0 Å². The van der Waals surface area contributed by atoms with Gasteiger partial charge in [-0.1, -0.05) is 0 Å². The minimum atomic E-state index is 0.561. The van der Waals surface area contributed by atoms with Gasteiger partial charge in [0.25, 0.3) is 0 Å². The molecule has 0 radical (unpaired) electrons. The Morgan fingerprint density at radius 2 is 2.33 bits per heavy atom. The van der Waals surface area contributed by atoms with E-state index in [2.05, 4.69) is 15.2 Å². The van der Waals surface area contributed by atoms with E-state index in [1.807, 2.05) is 25.4 Å². The van der Waals surface area contributed by atoms with Crippen LogP contribution in [0.2, 0.25) is 0 Å². The Bertz CT molecular complexity index is 372. The fraction of sp³-hybridized carbons (Fsp3) is 0.125. The van der Waals surface area contributed by atoms with Gasteiger partial charge >= 0.3 is 0 Å². The second-order valence-electron chi connectivity index (χ2n) is 2.71. The lowest BCUT2D eigenvalue weighted by atomic mass is 10.1. The van der Waals surface area contributed by atoms with Gasteiger partial charge in [0.05, 0.1) is 5.69 Å². The van der Waals surface area contributed by atoms with Gasteiger partial charge in [-0.05, 0) is 13.0 Å². The average Bonchev–Trinajstić information content (AvgIpc) is 2.64. The van der Waals surface area contributed by atoms with Gasteiger partial charge in [-0.2, -0.15) is 5.10 Å². The number of nitrogens with one attached hydrogen (secondary N) is 2. The highest BCUT2D eigenvalue weighted by Gasteiger charge is 2.07. The lowest BCUT2D eigenvalue weighted by Crippen LogP contribution is -1.85. The number of nitrogen functional groups attached to an aromatic ring is 1. The maximum absolute atomic E-state index is 5.59. The summed E-state index contributed by atoms with van der Waals surface area (Å²) in [7, 11) is 0. The summed E-state index contributed by atoms with van der Waals surface area (Å²) in [6.45, 7) is 1.95. The second-order valence-corrected chi connectivity index (χ2v) is 2.71. The second kappa shape index (κ2) is 2.41. The lowest BCUT2D eigenvalue weighted by molar-refractivity contribution is 1.10. The molecule has 0 bridgehead atoms. The van der Waals surface area contributed by atoms with Crippen LogP contribution in [0.15, 0.2) is 18.5 Å².